The zero-order chi connectivity index (χ0) is 17.4. The van der Waals surface area contributed by atoms with Crippen molar-refractivity contribution in [3.8, 4) is 5.69 Å². The van der Waals surface area contributed by atoms with Crippen LogP contribution in [0.25, 0.3) is 5.69 Å². The molecule has 0 spiro atoms. The molecule has 2 aliphatic rings. The molecule has 0 bridgehead atoms. The van der Waals surface area contributed by atoms with Crippen molar-refractivity contribution in [1.29, 1.82) is 0 Å². The van der Waals surface area contributed by atoms with E-state index in [1.165, 1.54) is 23.2 Å². The summed E-state index contributed by atoms with van der Waals surface area (Å²) in [5, 5.41) is 8.16. The Morgan fingerprint density at radius 1 is 1.20 bits per heavy atom. The lowest BCUT2D eigenvalue weighted by atomic mass is 9.95. The number of fused-ring (bicyclic) bond motifs is 1. The second-order valence-corrected chi connectivity index (χ2v) is 7.28. The van der Waals surface area contributed by atoms with E-state index in [-0.39, 0.29) is 11.9 Å². The summed E-state index contributed by atoms with van der Waals surface area (Å²) in [7, 11) is 0. The van der Waals surface area contributed by atoms with Crippen LogP contribution >= 0.6 is 0 Å². The van der Waals surface area contributed by atoms with Gasteiger partial charge in [0.15, 0.2) is 5.69 Å². The minimum Gasteiger partial charge on any atom is -0.332 e. The van der Waals surface area contributed by atoms with Crippen LogP contribution in [-0.2, 0) is 12.8 Å². The van der Waals surface area contributed by atoms with Crippen molar-refractivity contribution in [3.63, 3.8) is 0 Å². The number of carbonyl (C=O) groups is 1. The smallest absolute Gasteiger partial charge is 0.274 e. The van der Waals surface area contributed by atoms with Gasteiger partial charge in [-0.05, 0) is 51.7 Å². The summed E-state index contributed by atoms with van der Waals surface area (Å²) >= 11 is 0. The number of hydrogen-bond donors (Lipinski definition) is 1. The monoisotopic (exact) mass is 338 g/mol. The van der Waals surface area contributed by atoms with Gasteiger partial charge in [-0.15, -0.1) is 0 Å². The van der Waals surface area contributed by atoms with E-state index >= 15 is 0 Å². The number of hydrogen-bond acceptors (Lipinski definition) is 3. The van der Waals surface area contributed by atoms with E-state index in [2.05, 4.69) is 43.4 Å². The molecule has 1 aromatic heterocycles. The summed E-state index contributed by atoms with van der Waals surface area (Å²) in [6.45, 7) is 6.66. The highest BCUT2D eigenvalue weighted by Gasteiger charge is 2.31. The lowest BCUT2D eigenvalue weighted by Gasteiger charge is -2.33. The molecule has 1 fully saturated rings. The van der Waals surface area contributed by atoms with Crippen molar-refractivity contribution in [2.45, 2.75) is 45.6 Å². The Balaban J connectivity index is 1.75. The predicted molar refractivity (Wildman–Crippen MR) is 98.3 cm³/mol. The highest BCUT2D eigenvalue weighted by atomic mass is 16.2. The van der Waals surface area contributed by atoms with Gasteiger partial charge in [0.05, 0.1) is 5.69 Å². The standard InChI is InChI=1S/C20H26N4O/c1-14-7-9-16(10-8-14)24-18-6-4-3-5-17(18)19(22-24)20(25)23-12-11-21-13-15(23)2/h7-10,15,21H,3-6,11-13H2,1-2H3. The molecule has 132 valence electrons. The third-order valence-electron chi connectivity index (χ3n) is 5.42. The molecule has 0 radical (unpaired) electrons. The molecule has 1 aromatic carbocycles. The first-order chi connectivity index (χ1) is 12.1. The second kappa shape index (κ2) is 6.64. The Morgan fingerprint density at radius 2 is 1.96 bits per heavy atom. The first kappa shape index (κ1) is 16.3. The summed E-state index contributed by atoms with van der Waals surface area (Å²) in [6, 6.07) is 8.61. The summed E-state index contributed by atoms with van der Waals surface area (Å²) < 4.78 is 2.01. The van der Waals surface area contributed by atoms with Crippen LogP contribution in [0.3, 0.4) is 0 Å². The summed E-state index contributed by atoms with van der Waals surface area (Å²) in [5.74, 6) is 0.0954. The van der Waals surface area contributed by atoms with Gasteiger partial charge in [0, 0.05) is 36.9 Å². The van der Waals surface area contributed by atoms with Gasteiger partial charge in [-0.2, -0.15) is 5.10 Å². The van der Waals surface area contributed by atoms with Gasteiger partial charge in [-0.3, -0.25) is 4.79 Å². The topological polar surface area (TPSA) is 50.2 Å². The number of carbonyl (C=O) groups excluding carboxylic acids is 1. The molecule has 1 amide bonds. The minimum atomic E-state index is 0.0954. The quantitative estimate of drug-likeness (QED) is 0.915. The molecule has 1 N–H and O–H groups in total. The van der Waals surface area contributed by atoms with Crippen LogP contribution in [-0.4, -0.2) is 46.3 Å². The molecule has 4 rings (SSSR count). The molecule has 5 nitrogen and oxygen atoms in total. The molecule has 1 aliphatic heterocycles. The van der Waals surface area contributed by atoms with Crippen molar-refractivity contribution >= 4 is 5.91 Å². The Bertz CT molecular complexity index is 778. The Labute approximate surface area is 149 Å². The van der Waals surface area contributed by atoms with Gasteiger partial charge < -0.3 is 10.2 Å². The number of piperazine rings is 1. The zero-order valence-corrected chi connectivity index (χ0v) is 15.1. The second-order valence-electron chi connectivity index (χ2n) is 7.28. The third-order valence-corrected chi connectivity index (χ3v) is 5.42. The van der Waals surface area contributed by atoms with Crippen LogP contribution in [0, 0.1) is 6.92 Å². The van der Waals surface area contributed by atoms with E-state index in [1.807, 2.05) is 9.58 Å². The predicted octanol–water partition coefficient (Wildman–Crippen LogP) is 2.49. The number of rotatable bonds is 2. The zero-order valence-electron chi connectivity index (χ0n) is 15.1. The van der Waals surface area contributed by atoms with Crippen molar-refractivity contribution in [2.75, 3.05) is 19.6 Å². The number of amides is 1. The van der Waals surface area contributed by atoms with Crippen molar-refractivity contribution in [2.24, 2.45) is 0 Å². The van der Waals surface area contributed by atoms with E-state index in [0.29, 0.717) is 5.69 Å². The van der Waals surface area contributed by atoms with Crippen LogP contribution in [0.15, 0.2) is 24.3 Å². The number of nitrogens with one attached hydrogen (secondary N) is 1. The van der Waals surface area contributed by atoms with Gasteiger partial charge in [0.2, 0.25) is 0 Å². The van der Waals surface area contributed by atoms with Crippen molar-refractivity contribution in [1.82, 2.24) is 20.0 Å². The molecule has 2 aromatic rings. The normalized spacial score (nSPS) is 20.4. The molecule has 1 aliphatic carbocycles. The first-order valence-corrected chi connectivity index (χ1v) is 9.34. The highest BCUT2D eigenvalue weighted by molar-refractivity contribution is 5.94. The van der Waals surface area contributed by atoms with E-state index < -0.39 is 0 Å². The largest absolute Gasteiger partial charge is 0.332 e. The molecule has 1 saturated heterocycles. The number of benzene rings is 1. The highest BCUT2D eigenvalue weighted by Crippen LogP contribution is 2.28. The molecule has 1 unspecified atom stereocenters. The fourth-order valence-electron chi connectivity index (χ4n) is 3.95. The molecule has 1 atom stereocenters. The first-order valence-electron chi connectivity index (χ1n) is 9.34. The molecule has 25 heavy (non-hydrogen) atoms. The average molecular weight is 338 g/mol. The third kappa shape index (κ3) is 2.97. The SMILES string of the molecule is Cc1ccc(-n2nc(C(=O)N3CCNCC3C)c3c2CCCC3)cc1. The van der Waals surface area contributed by atoms with Crippen LogP contribution in [0.5, 0.6) is 0 Å². The number of nitrogens with zero attached hydrogens (tertiary/aromatic N) is 3. The van der Waals surface area contributed by atoms with E-state index in [1.54, 1.807) is 0 Å². The summed E-state index contributed by atoms with van der Waals surface area (Å²) in [4.78, 5) is 15.2. The van der Waals surface area contributed by atoms with E-state index in [4.69, 9.17) is 5.10 Å². The Kier molecular flexibility index (Phi) is 4.34. The van der Waals surface area contributed by atoms with Crippen LogP contribution in [0.2, 0.25) is 0 Å². The lowest BCUT2D eigenvalue weighted by Crippen LogP contribution is -2.52. The maximum absolute atomic E-state index is 13.2. The van der Waals surface area contributed by atoms with E-state index in [0.717, 1.165) is 44.6 Å². The number of aromatic nitrogens is 2. The Morgan fingerprint density at radius 3 is 2.72 bits per heavy atom. The number of aryl methyl sites for hydroxylation is 1. The maximum atomic E-state index is 13.2. The molecular weight excluding hydrogens is 312 g/mol. The summed E-state index contributed by atoms with van der Waals surface area (Å²) in [5.41, 5.74) is 5.35. The molecule has 5 heteroatoms. The van der Waals surface area contributed by atoms with Gasteiger partial charge in [0.25, 0.3) is 5.91 Å². The van der Waals surface area contributed by atoms with Gasteiger partial charge in [-0.1, -0.05) is 17.7 Å². The van der Waals surface area contributed by atoms with Gasteiger partial charge in [0.1, 0.15) is 0 Å². The van der Waals surface area contributed by atoms with Gasteiger partial charge in [-0.25, -0.2) is 4.68 Å². The van der Waals surface area contributed by atoms with Crippen LogP contribution < -0.4 is 5.32 Å². The minimum absolute atomic E-state index is 0.0954. The van der Waals surface area contributed by atoms with Crippen molar-refractivity contribution in [3.05, 3.63) is 46.8 Å². The van der Waals surface area contributed by atoms with Crippen LogP contribution in [0.4, 0.5) is 0 Å². The molecule has 0 saturated carbocycles. The molecule has 2 heterocycles. The average Bonchev–Trinajstić information content (AvgIpc) is 3.02. The van der Waals surface area contributed by atoms with Crippen molar-refractivity contribution < 1.29 is 4.79 Å². The van der Waals surface area contributed by atoms with Crippen LogP contribution in [0.1, 0.15) is 47.1 Å². The van der Waals surface area contributed by atoms with Gasteiger partial charge >= 0.3 is 0 Å². The Hall–Kier alpha value is -2.14. The maximum Gasteiger partial charge on any atom is 0.274 e. The molecular formula is C20H26N4O. The van der Waals surface area contributed by atoms with E-state index in [9.17, 15) is 4.79 Å². The lowest BCUT2D eigenvalue weighted by molar-refractivity contribution is 0.0648. The summed E-state index contributed by atoms with van der Waals surface area (Å²) in [6.07, 6.45) is 4.27. The fourth-order valence-corrected chi connectivity index (χ4v) is 3.95. The fraction of sp³-hybridized carbons (Fsp3) is 0.500.